The lowest BCUT2D eigenvalue weighted by Gasteiger charge is -2.19. The van der Waals surface area contributed by atoms with E-state index in [4.69, 9.17) is 9.47 Å². The molecule has 138 valence electrons. The Hall–Kier alpha value is -3.02. The van der Waals surface area contributed by atoms with E-state index < -0.39 is 0 Å². The smallest absolute Gasteiger partial charge is 0.262 e. The molecular formula is C20H24N2O4. The van der Waals surface area contributed by atoms with E-state index in [0.29, 0.717) is 30.3 Å². The molecule has 0 radical (unpaired) electrons. The fraction of sp³-hybridized carbons (Fsp3) is 0.300. The van der Waals surface area contributed by atoms with Crippen molar-refractivity contribution in [1.82, 2.24) is 4.90 Å². The first-order valence-electron chi connectivity index (χ1n) is 8.61. The maximum Gasteiger partial charge on any atom is 0.262 e. The highest BCUT2D eigenvalue weighted by molar-refractivity contribution is 5.93. The number of amides is 2. The highest BCUT2D eigenvalue weighted by Gasteiger charge is 2.13. The Balaban J connectivity index is 1.91. The van der Waals surface area contributed by atoms with Gasteiger partial charge < -0.3 is 19.7 Å². The van der Waals surface area contributed by atoms with Gasteiger partial charge in [-0.25, -0.2) is 0 Å². The molecule has 26 heavy (non-hydrogen) atoms. The van der Waals surface area contributed by atoms with Crippen molar-refractivity contribution >= 4 is 17.5 Å². The van der Waals surface area contributed by atoms with Crippen LogP contribution < -0.4 is 14.8 Å². The highest BCUT2D eigenvalue weighted by Crippen LogP contribution is 2.23. The van der Waals surface area contributed by atoms with Crippen LogP contribution in [-0.4, -0.2) is 43.0 Å². The van der Waals surface area contributed by atoms with Crippen molar-refractivity contribution in [3.63, 3.8) is 0 Å². The third-order valence-electron chi connectivity index (χ3n) is 3.74. The van der Waals surface area contributed by atoms with E-state index in [2.05, 4.69) is 5.32 Å². The van der Waals surface area contributed by atoms with Crippen LogP contribution in [0.15, 0.2) is 54.6 Å². The molecule has 2 aromatic carbocycles. The zero-order valence-electron chi connectivity index (χ0n) is 15.1. The number of hydrogen-bond donors (Lipinski definition) is 1. The summed E-state index contributed by atoms with van der Waals surface area (Å²) in [4.78, 5) is 25.9. The Morgan fingerprint density at radius 3 is 2.23 bits per heavy atom. The minimum atomic E-state index is -0.306. The molecule has 0 bridgehead atoms. The Kier molecular flexibility index (Phi) is 7.49. The van der Waals surface area contributed by atoms with Crippen molar-refractivity contribution in [2.24, 2.45) is 0 Å². The van der Waals surface area contributed by atoms with Crippen LogP contribution in [0.25, 0.3) is 0 Å². The molecule has 0 atom stereocenters. The minimum Gasteiger partial charge on any atom is -0.484 e. The summed E-state index contributed by atoms with van der Waals surface area (Å²) in [5, 5.41) is 2.75. The fourth-order valence-electron chi connectivity index (χ4n) is 2.35. The van der Waals surface area contributed by atoms with E-state index in [9.17, 15) is 9.59 Å². The number of likely N-dealkylation sites (N-methyl/N-ethyl adjacent to an activating group) is 1. The first kappa shape index (κ1) is 19.3. The van der Waals surface area contributed by atoms with Gasteiger partial charge in [-0.3, -0.25) is 9.59 Å². The Morgan fingerprint density at radius 1 is 0.885 bits per heavy atom. The number of anilines is 1. The number of nitrogens with zero attached hydrogens (tertiary/aromatic N) is 1. The average molecular weight is 356 g/mol. The maximum atomic E-state index is 12.1. The van der Waals surface area contributed by atoms with E-state index in [-0.39, 0.29) is 25.0 Å². The van der Waals surface area contributed by atoms with Crippen molar-refractivity contribution in [2.45, 2.75) is 13.8 Å². The monoisotopic (exact) mass is 356 g/mol. The molecular weight excluding hydrogens is 332 g/mol. The van der Waals surface area contributed by atoms with Crippen molar-refractivity contribution in [3.8, 4) is 11.5 Å². The van der Waals surface area contributed by atoms with Crippen LogP contribution in [-0.2, 0) is 9.59 Å². The van der Waals surface area contributed by atoms with Crippen LogP contribution >= 0.6 is 0 Å². The van der Waals surface area contributed by atoms with Crippen LogP contribution in [0.4, 0.5) is 5.69 Å². The predicted molar refractivity (Wildman–Crippen MR) is 100 cm³/mol. The van der Waals surface area contributed by atoms with Crippen LogP contribution in [0.3, 0.4) is 0 Å². The zero-order valence-corrected chi connectivity index (χ0v) is 15.1. The standard InChI is InChI=1S/C20H24N2O4/c1-3-22(4-2)20(24)15-26-18-13-9-8-12-17(18)21-19(23)14-25-16-10-6-5-7-11-16/h5-13H,3-4,14-15H2,1-2H3,(H,21,23). The second-order valence-corrected chi connectivity index (χ2v) is 5.50. The van der Waals surface area contributed by atoms with Gasteiger partial charge in [0.25, 0.3) is 11.8 Å². The summed E-state index contributed by atoms with van der Waals surface area (Å²) in [7, 11) is 0. The number of carbonyl (C=O) groups excluding carboxylic acids is 2. The zero-order chi connectivity index (χ0) is 18.8. The van der Waals surface area contributed by atoms with Gasteiger partial charge in [0.2, 0.25) is 0 Å². The topological polar surface area (TPSA) is 67.9 Å². The fourth-order valence-corrected chi connectivity index (χ4v) is 2.35. The van der Waals surface area contributed by atoms with Crippen molar-refractivity contribution in [2.75, 3.05) is 31.6 Å². The van der Waals surface area contributed by atoms with Crippen LogP contribution in [0.1, 0.15) is 13.8 Å². The molecule has 6 nitrogen and oxygen atoms in total. The van der Waals surface area contributed by atoms with E-state index in [1.54, 1.807) is 41.3 Å². The van der Waals surface area contributed by atoms with E-state index in [1.165, 1.54) is 0 Å². The minimum absolute atomic E-state index is 0.0743. The van der Waals surface area contributed by atoms with Gasteiger partial charge in [-0.05, 0) is 38.1 Å². The second kappa shape index (κ2) is 10.1. The van der Waals surface area contributed by atoms with Gasteiger partial charge in [0.15, 0.2) is 13.2 Å². The molecule has 0 unspecified atom stereocenters. The summed E-state index contributed by atoms with van der Waals surface area (Å²) in [6, 6.07) is 16.1. The molecule has 6 heteroatoms. The van der Waals surface area contributed by atoms with Gasteiger partial charge in [-0.2, -0.15) is 0 Å². The van der Waals surface area contributed by atoms with Crippen molar-refractivity contribution < 1.29 is 19.1 Å². The molecule has 2 amide bonds. The summed E-state index contributed by atoms with van der Waals surface area (Å²) < 4.78 is 11.0. The number of rotatable bonds is 9. The molecule has 0 aliphatic heterocycles. The number of hydrogen-bond acceptors (Lipinski definition) is 4. The van der Waals surface area contributed by atoms with Gasteiger partial charge in [-0.1, -0.05) is 30.3 Å². The molecule has 0 aliphatic carbocycles. The summed E-state index contributed by atoms with van der Waals surface area (Å²) in [5.74, 6) is 0.668. The molecule has 2 aromatic rings. The summed E-state index contributed by atoms with van der Waals surface area (Å²) in [5.41, 5.74) is 0.501. The number of para-hydroxylation sites is 3. The van der Waals surface area contributed by atoms with E-state index in [1.807, 2.05) is 32.0 Å². The molecule has 0 fully saturated rings. The third kappa shape index (κ3) is 5.81. The van der Waals surface area contributed by atoms with Crippen molar-refractivity contribution in [3.05, 3.63) is 54.6 Å². The molecule has 1 N–H and O–H groups in total. The quantitative estimate of drug-likeness (QED) is 0.750. The van der Waals surface area contributed by atoms with E-state index >= 15 is 0 Å². The lowest BCUT2D eigenvalue weighted by molar-refractivity contribution is -0.132. The Morgan fingerprint density at radius 2 is 1.54 bits per heavy atom. The normalized spacial score (nSPS) is 10.1. The lowest BCUT2D eigenvalue weighted by Crippen LogP contribution is -2.34. The van der Waals surface area contributed by atoms with Gasteiger partial charge in [0.1, 0.15) is 11.5 Å². The van der Waals surface area contributed by atoms with Gasteiger partial charge in [-0.15, -0.1) is 0 Å². The van der Waals surface area contributed by atoms with E-state index in [0.717, 1.165) is 0 Å². The summed E-state index contributed by atoms with van der Waals surface area (Å²) in [6.45, 7) is 4.91. The van der Waals surface area contributed by atoms with Crippen LogP contribution in [0, 0.1) is 0 Å². The van der Waals surface area contributed by atoms with Crippen LogP contribution in [0.2, 0.25) is 0 Å². The summed E-state index contributed by atoms with van der Waals surface area (Å²) >= 11 is 0. The first-order chi connectivity index (χ1) is 12.6. The van der Waals surface area contributed by atoms with Gasteiger partial charge in [0, 0.05) is 13.1 Å². The predicted octanol–water partition coefficient (Wildman–Crippen LogP) is 2.95. The van der Waals surface area contributed by atoms with Crippen molar-refractivity contribution in [1.29, 1.82) is 0 Å². The molecule has 0 aromatic heterocycles. The second-order valence-electron chi connectivity index (χ2n) is 5.50. The number of ether oxygens (including phenoxy) is 2. The largest absolute Gasteiger partial charge is 0.484 e. The number of carbonyl (C=O) groups is 2. The SMILES string of the molecule is CCN(CC)C(=O)COc1ccccc1NC(=O)COc1ccccc1. The molecule has 0 heterocycles. The summed E-state index contributed by atoms with van der Waals surface area (Å²) in [6.07, 6.45) is 0. The average Bonchev–Trinajstić information content (AvgIpc) is 2.67. The number of nitrogens with one attached hydrogen (secondary N) is 1. The number of benzene rings is 2. The van der Waals surface area contributed by atoms with Gasteiger partial charge in [0.05, 0.1) is 5.69 Å². The highest BCUT2D eigenvalue weighted by atomic mass is 16.5. The molecule has 0 spiro atoms. The first-order valence-corrected chi connectivity index (χ1v) is 8.61. The molecule has 0 saturated heterocycles. The third-order valence-corrected chi connectivity index (χ3v) is 3.74. The molecule has 2 rings (SSSR count). The lowest BCUT2D eigenvalue weighted by atomic mass is 10.3. The van der Waals surface area contributed by atoms with Gasteiger partial charge >= 0.3 is 0 Å². The maximum absolute atomic E-state index is 12.1. The molecule has 0 aliphatic rings. The van der Waals surface area contributed by atoms with Crippen LogP contribution in [0.5, 0.6) is 11.5 Å². The Labute approximate surface area is 153 Å². The Bertz CT molecular complexity index is 715. The molecule has 0 saturated carbocycles.